The molecule has 3 aromatic rings. The van der Waals surface area contributed by atoms with Crippen LogP contribution in [0.25, 0.3) is 11.3 Å². The monoisotopic (exact) mass is 331 g/mol. The molecule has 4 nitrogen and oxygen atoms in total. The molecule has 0 aliphatic carbocycles. The van der Waals surface area contributed by atoms with Crippen LogP contribution in [0.15, 0.2) is 54.7 Å². The number of carbonyl (C=O) groups excluding carboxylic acids is 1. The fraction of sp³-hybridized carbons (Fsp3) is 0. The van der Waals surface area contributed by atoms with Gasteiger partial charge >= 0.3 is 0 Å². The molecule has 2 aromatic carbocycles. The Morgan fingerprint density at radius 2 is 1.95 bits per heavy atom. The lowest BCUT2D eigenvalue weighted by atomic mass is 10.1. The number of halogens is 2. The van der Waals surface area contributed by atoms with E-state index in [0.717, 1.165) is 11.3 Å². The number of amides is 1. The number of nitrogens with one attached hydrogen (secondary N) is 2. The molecule has 2 N–H and O–H groups in total. The van der Waals surface area contributed by atoms with Crippen LogP contribution in [-0.4, -0.2) is 16.1 Å². The molecule has 0 aliphatic rings. The molecule has 0 spiro atoms. The molecule has 1 amide bonds. The van der Waals surface area contributed by atoms with Gasteiger partial charge in [-0.3, -0.25) is 9.89 Å². The standard InChI is InChI=1S/C16H11Cl2N3O/c17-11-4-5-14(18)13(9-11)16(22)20-12-3-1-2-10(8-12)15-6-7-19-21-15/h1-9H,(H,19,21)(H,20,22). The maximum absolute atomic E-state index is 12.3. The van der Waals surface area contributed by atoms with Crippen molar-refractivity contribution in [2.45, 2.75) is 0 Å². The highest BCUT2D eigenvalue weighted by Crippen LogP contribution is 2.24. The molecule has 0 fully saturated rings. The molecule has 1 aromatic heterocycles. The van der Waals surface area contributed by atoms with Crippen LogP contribution in [0.5, 0.6) is 0 Å². The number of nitrogens with zero attached hydrogens (tertiary/aromatic N) is 1. The summed E-state index contributed by atoms with van der Waals surface area (Å²) in [6.45, 7) is 0. The van der Waals surface area contributed by atoms with Crippen molar-refractivity contribution in [2.75, 3.05) is 5.32 Å². The van der Waals surface area contributed by atoms with Crippen LogP contribution >= 0.6 is 23.2 Å². The van der Waals surface area contributed by atoms with E-state index < -0.39 is 0 Å². The number of rotatable bonds is 3. The normalized spacial score (nSPS) is 10.5. The third-order valence-electron chi connectivity index (χ3n) is 3.11. The number of hydrogen-bond acceptors (Lipinski definition) is 2. The first kappa shape index (κ1) is 14.6. The van der Waals surface area contributed by atoms with E-state index >= 15 is 0 Å². The van der Waals surface area contributed by atoms with E-state index in [-0.39, 0.29) is 5.91 Å². The van der Waals surface area contributed by atoms with Gasteiger partial charge in [0.05, 0.1) is 16.3 Å². The second kappa shape index (κ2) is 6.22. The molecule has 0 bridgehead atoms. The fourth-order valence-electron chi connectivity index (χ4n) is 2.05. The SMILES string of the molecule is O=C(Nc1cccc(-c2ccn[nH]2)c1)c1cc(Cl)ccc1Cl. The van der Waals surface area contributed by atoms with Gasteiger partial charge in [0.15, 0.2) is 0 Å². The molecule has 3 rings (SSSR count). The summed E-state index contributed by atoms with van der Waals surface area (Å²) in [6, 6.07) is 14.1. The van der Waals surface area contributed by atoms with Gasteiger partial charge in [0.2, 0.25) is 0 Å². The van der Waals surface area contributed by atoms with E-state index in [1.807, 2.05) is 24.3 Å². The molecular formula is C16H11Cl2N3O. The largest absolute Gasteiger partial charge is 0.322 e. The Morgan fingerprint density at radius 1 is 1.09 bits per heavy atom. The summed E-state index contributed by atoms with van der Waals surface area (Å²) in [5, 5.41) is 10.4. The Hall–Kier alpha value is -2.30. The number of carbonyl (C=O) groups is 1. The van der Waals surface area contributed by atoms with Crippen molar-refractivity contribution in [3.63, 3.8) is 0 Å². The van der Waals surface area contributed by atoms with Gasteiger partial charge in [0, 0.05) is 22.5 Å². The number of H-pyrrole nitrogens is 1. The van der Waals surface area contributed by atoms with Gasteiger partial charge < -0.3 is 5.32 Å². The van der Waals surface area contributed by atoms with E-state index in [0.29, 0.717) is 21.3 Å². The zero-order valence-electron chi connectivity index (χ0n) is 11.3. The highest BCUT2D eigenvalue weighted by atomic mass is 35.5. The molecule has 0 saturated carbocycles. The lowest BCUT2D eigenvalue weighted by Crippen LogP contribution is -2.12. The summed E-state index contributed by atoms with van der Waals surface area (Å²) < 4.78 is 0. The van der Waals surface area contributed by atoms with Gasteiger partial charge in [-0.05, 0) is 36.4 Å². The van der Waals surface area contributed by atoms with Crippen molar-refractivity contribution >= 4 is 34.8 Å². The molecule has 0 saturated heterocycles. The van der Waals surface area contributed by atoms with Crippen molar-refractivity contribution in [3.8, 4) is 11.3 Å². The summed E-state index contributed by atoms with van der Waals surface area (Å²) in [4.78, 5) is 12.3. The van der Waals surface area contributed by atoms with E-state index in [4.69, 9.17) is 23.2 Å². The highest BCUT2D eigenvalue weighted by molar-refractivity contribution is 6.36. The number of aromatic nitrogens is 2. The Morgan fingerprint density at radius 3 is 2.73 bits per heavy atom. The third kappa shape index (κ3) is 3.13. The van der Waals surface area contributed by atoms with Gasteiger partial charge in [0.25, 0.3) is 5.91 Å². The second-order valence-electron chi connectivity index (χ2n) is 4.63. The van der Waals surface area contributed by atoms with E-state index in [1.54, 1.807) is 24.4 Å². The molecule has 6 heteroatoms. The average Bonchev–Trinajstić information content (AvgIpc) is 3.04. The lowest BCUT2D eigenvalue weighted by Gasteiger charge is -2.08. The number of benzene rings is 2. The maximum Gasteiger partial charge on any atom is 0.257 e. The maximum atomic E-state index is 12.3. The van der Waals surface area contributed by atoms with Crippen LogP contribution in [0.3, 0.4) is 0 Å². The van der Waals surface area contributed by atoms with Crippen LogP contribution in [0.4, 0.5) is 5.69 Å². The lowest BCUT2D eigenvalue weighted by molar-refractivity contribution is 0.102. The average molecular weight is 332 g/mol. The Balaban J connectivity index is 1.85. The summed E-state index contributed by atoms with van der Waals surface area (Å²) in [7, 11) is 0. The summed E-state index contributed by atoms with van der Waals surface area (Å²) >= 11 is 11.9. The highest BCUT2D eigenvalue weighted by Gasteiger charge is 2.11. The van der Waals surface area contributed by atoms with Crippen molar-refractivity contribution in [1.29, 1.82) is 0 Å². The Bertz CT molecular complexity index is 816. The van der Waals surface area contributed by atoms with E-state index in [1.165, 1.54) is 6.07 Å². The molecule has 0 unspecified atom stereocenters. The number of anilines is 1. The predicted octanol–water partition coefficient (Wildman–Crippen LogP) is 4.64. The topological polar surface area (TPSA) is 57.8 Å². The summed E-state index contributed by atoms with van der Waals surface area (Å²) in [5.74, 6) is -0.311. The van der Waals surface area contributed by atoms with Gasteiger partial charge in [-0.15, -0.1) is 0 Å². The van der Waals surface area contributed by atoms with Crippen LogP contribution < -0.4 is 5.32 Å². The zero-order valence-corrected chi connectivity index (χ0v) is 12.8. The van der Waals surface area contributed by atoms with Gasteiger partial charge in [-0.25, -0.2) is 0 Å². The first-order chi connectivity index (χ1) is 10.6. The summed E-state index contributed by atoms with van der Waals surface area (Å²) in [6.07, 6.45) is 1.67. The third-order valence-corrected chi connectivity index (χ3v) is 3.67. The second-order valence-corrected chi connectivity index (χ2v) is 5.47. The molecule has 22 heavy (non-hydrogen) atoms. The van der Waals surface area contributed by atoms with Gasteiger partial charge in [0.1, 0.15) is 0 Å². The molecule has 0 atom stereocenters. The van der Waals surface area contributed by atoms with E-state index in [9.17, 15) is 4.79 Å². The molecular weight excluding hydrogens is 321 g/mol. The van der Waals surface area contributed by atoms with Crippen LogP contribution in [-0.2, 0) is 0 Å². The first-order valence-corrected chi connectivity index (χ1v) is 7.25. The van der Waals surface area contributed by atoms with Crippen molar-refractivity contribution in [1.82, 2.24) is 10.2 Å². The van der Waals surface area contributed by atoms with Crippen LogP contribution in [0, 0.1) is 0 Å². The minimum atomic E-state index is -0.311. The molecule has 0 radical (unpaired) electrons. The number of aromatic amines is 1. The Kier molecular flexibility index (Phi) is 4.13. The van der Waals surface area contributed by atoms with Crippen LogP contribution in [0.2, 0.25) is 10.0 Å². The fourth-order valence-corrected chi connectivity index (χ4v) is 2.43. The Labute approximate surface area is 137 Å². The predicted molar refractivity (Wildman–Crippen MR) is 88.4 cm³/mol. The summed E-state index contributed by atoms with van der Waals surface area (Å²) in [5.41, 5.74) is 2.79. The zero-order chi connectivity index (χ0) is 15.5. The molecule has 110 valence electrons. The van der Waals surface area contributed by atoms with Gasteiger partial charge in [-0.1, -0.05) is 35.3 Å². The number of hydrogen-bond donors (Lipinski definition) is 2. The minimum absolute atomic E-state index is 0.311. The van der Waals surface area contributed by atoms with Crippen molar-refractivity contribution < 1.29 is 4.79 Å². The van der Waals surface area contributed by atoms with Crippen LogP contribution in [0.1, 0.15) is 10.4 Å². The van der Waals surface area contributed by atoms with E-state index in [2.05, 4.69) is 15.5 Å². The molecule has 1 heterocycles. The van der Waals surface area contributed by atoms with Crippen molar-refractivity contribution in [3.05, 3.63) is 70.3 Å². The smallest absolute Gasteiger partial charge is 0.257 e. The quantitative estimate of drug-likeness (QED) is 0.734. The van der Waals surface area contributed by atoms with Gasteiger partial charge in [-0.2, -0.15) is 5.10 Å². The minimum Gasteiger partial charge on any atom is -0.322 e. The van der Waals surface area contributed by atoms with Crippen molar-refractivity contribution in [2.24, 2.45) is 0 Å². The molecule has 0 aliphatic heterocycles. The first-order valence-electron chi connectivity index (χ1n) is 6.50.